The average Bonchev–Trinajstić information content (AvgIpc) is 2.92. The topological polar surface area (TPSA) is 46.6 Å². The molecule has 4 heteroatoms. The molecule has 0 N–H and O–H groups in total. The number of hydrogen-bond acceptors (Lipinski definition) is 3. The number of benzene rings is 1. The van der Waals surface area contributed by atoms with Crippen molar-refractivity contribution in [2.24, 2.45) is 0 Å². The summed E-state index contributed by atoms with van der Waals surface area (Å²) in [5.41, 5.74) is 2.04. The lowest BCUT2D eigenvalue weighted by atomic mass is 10.0. The highest BCUT2D eigenvalue weighted by molar-refractivity contribution is 5.75. The maximum Gasteiger partial charge on any atom is 0.414 e. The number of cyclic esters (lactones) is 1. The highest BCUT2D eigenvalue weighted by Gasteiger charge is 2.34. The Balaban J connectivity index is 1.78. The number of carbonyl (C=O) groups is 2. The van der Waals surface area contributed by atoms with Crippen LogP contribution in [0, 0.1) is 0 Å². The molecule has 0 radical (unpaired) electrons. The summed E-state index contributed by atoms with van der Waals surface area (Å²) < 4.78 is 5.23. The molecule has 1 aliphatic heterocycles. The van der Waals surface area contributed by atoms with E-state index in [0.29, 0.717) is 13.0 Å². The van der Waals surface area contributed by atoms with Gasteiger partial charge in [0.05, 0.1) is 6.04 Å². The molecule has 1 saturated heterocycles. The van der Waals surface area contributed by atoms with Gasteiger partial charge in [-0.3, -0.25) is 4.90 Å². The smallest absolute Gasteiger partial charge is 0.414 e. The second-order valence-corrected chi connectivity index (χ2v) is 6.47. The number of Topliss-reactive ketones (excluding diaryl/α,β-unsaturated/α-hetero) is 1. The Morgan fingerprint density at radius 2 is 1.83 bits per heavy atom. The molecule has 1 fully saturated rings. The van der Waals surface area contributed by atoms with Crippen molar-refractivity contribution >= 4 is 11.9 Å². The Morgan fingerprint density at radius 1 is 1.17 bits per heavy atom. The molecule has 4 nitrogen and oxygen atoms in total. The van der Waals surface area contributed by atoms with Crippen LogP contribution in [0.5, 0.6) is 0 Å². The number of unbranched alkanes of at least 4 members (excludes halogenated alkanes) is 3. The van der Waals surface area contributed by atoms with Crippen LogP contribution >= 0.6 is 0 Å². The Bertz CT molecular complexity index is 568. The molecule has 1 unspecified atom stereocenters. The van der Waals surface area contributed by atoms with Crippen molar-refractivity contribution in [2.75, 3.05) is 6.61 Å². The quantitative estimate of drug-likeness (QED) is 0.594. The van der Waals surface area contributed by atoms with Crippen molar-refractivity contribution < 1.29 is 14.3 Å². The number of carbonyl (C=O) groups excluding carboxylic acids is 2. The van der Waals surface area contributed by atoms with Gasteiger partial charge >= 0.3 is 6.09 Å². The maximum atomic E-state index is 12.0. The number of nitrogens with zero attached hydrogens (tertiary/aromatic N) is 1. The first-order chi connectivity index (χ1) is 11.6. The van der Waals surface area contributed by atoms with Crippen LogP contribution in [0.1, 0.15) is 51.0 Å². The summed E-state index contributed by atoms with van der Waals surface area (Å²) in [7, 11) is 0. The summed E-state index contributed by atoms with van der Waals surface area (Å²) >= 11 is 0. The number of rotatable bonds is 10. The van der Waals surface area contributed by atoms with Crippen LogP contribution in [0.15, 0.2) is 42.6 Å². The van der Waals surface area contributed by atoms with E-state index in [0.717, 1.165) is 44.2 Å². The predicted octanol–water partition coefficient (Wildman–Crippen LogP) is 4.49. The number of amides is 1. The minimum absolute atomic E-state index is 0.0325. The number of allylic oxidation sites excluding steroid dienone is 1. The molecule has 0 saturated carbocycles. The Kier molecular flexibility index (Phi) is 7.04. The van der Waals surface area contributed by atoms with E-state index in [9.17, 15) is 9.59 Å². The van der Waals surface area contributed by atoms with Crippen molar-refractivity contribution in [1.82, 2.24) is 4.90 Å². The van der Waals surface area contributed by atoms with E-state index in [1.165, 1.54) is 5.56 Å². The fourth-order valence-corrected chi connectivity index (χ4v) is 3.06. The highest BCUT2D eigenvalue weighted by atomic mass is 16.6. The van der Waals surface area contributed by atoms with Crippen LogP contribution in [0.2, 0.25) is 0 Å². The van der Waals surface area contributed by atoms with Crippen LogP contribution in [-0.2, 0) is 16.0 Å². The second kappa shape index (κ2) is 9.26. The molecule has 2 rings (SSSR count). The largest absolute Gasteiger partial charge is 0.447 e. The molecule has 0 bridgehead atoms. The molecule has 1 aliphatic rings. The van der Waals surface area contributed by atoms with Gasteiger partial charge in [0, 0.05) is 12.1 Å². The normalized spacial score (nSPS) is 17.0. The molecule has 24 heavy (non-hydrogen) atoms. The van der Waals surface area contributed by atoms with Gasteiger partial charge in [0.25, 0.3) is 0 Å². The molecule has 1 aromatic rings. The van der Waals surface area contributed by atoms with Gasteiger partial charge in [-0.2, -0.15) is 0 Å². The Labute approximate surface area is 144 Å². The lowest BCUT2D eigenvalue weighted by molar-refractivity contribution is -0.117. The summed E-state index contributed by atoms with van der Waals surface area (Å²) in [6.07, 6.45) is 5.99. The first kappa shape index (κ1) is 18.2. The van der Waals surface area contributed by atoms with Crippen molar-refractivity contribution in [3.8, 4) is 0 Å². The van der Waals surface area contributed by atoms with E-state index >= 15 is 0 Å². The third-order valence-electron chi connectivity index (χ3n) is 4.36. The molecule has 1 heterocycles. The van der Waals surface area contributed by atoms with E-state index in [-0.39, 0.29) is 17.9 Å². The standard InChI is InChI=1S/C20H27NO3/c1-16(10-6-3-4-7-11-17(2)22)21-19(15-24-20(21)23)14-18-12-8-5-9-13-18/h5,8-9,12-13,19H,1,3-4,6-7,10-11,14-15H2,2H3. The van der Waals surface area contributed by atoms with Crippen molar-refractivity contribution in [3.63, 3.8) is 0 Å². The van der Waals surface area contributed by atoms with Gasteiger partial charge in [0.2, 0.25) is 0 Å². The lowest BCUT2D eigenvalue weighted by Gasteiger charge is -2.23. The van der Waals surface area contributed by atoms with Gasteiger partial charge in [-0.1, -0.05) is 49.8 Å². The van der Waals surface area contributed by atoms with E-state index in [1.54, 1.807) is 11.8 Å². The molecule has 1 aromatic carbocycles. The van der Waals surface area contributed by atoms with Crippen LogP contribution in [0.25, 0.3) is 0 Å². The van der Waals surface area contributed by atoms with Crippen LogP contribution in [0.4, 0.5) is 4.79 Å². The van der Waals surface area contributed by atoms with Crippen molar-refractivity contribution in [2.45, 2.75) is 57.9 Å². The summed E-state index contributed by atoms with van der Waals surface area (Å²) in [5.74, 6) is 0.253. The first-order valence-electron chi connectivity index (χ1n) is 8.75. The Hall–Kier alpha value is -2.10. The zero-order chi connectivity index (χ0) is 17.4. The van der Waals surface area contributed by atoms with Crippen LogP contribution < -0.4 is 0 Å². The number of ketones is 1. The molecule has 130 valence electrons. The average molecular weight is 329 g/mol. The molecule has 0 aromatic heterocycles. The minimum Gasteiger partial charge on any atom is -0.447 e. The molecule has 1 atom stereocenters. The van der Waals surface area contributed by atoms with E-state index in [4.69, 9.17) is 4.74 Å². The van der Waals surface area contributed by atoms with Gasteiger partial charge in [-0.25, -0.2) is 4.79 Å². The zero-order valence-electron chi connectivity index (χ0n) is 14.5. The second-order valence-electron chi connectivity index (χ2n) is 6.47. The molecular weight excluding hydrogens is 302 g/mol. The summed E-state index contributed by atoms with van der Waals surface area (Å²) in [6.45, 7) is 6.15. The third-order valence-corrected chi connectivity index (χ3v) is 4.36. The van der Waals surface area contributed by atoms with Crippen LogP contribution in [-0.4, -0.2) is 29.4 Å². The van der Waals surface area contributed by atoms with Gasteiger partial charge in [-0.05, 0) is 38.2 Å². The fraction of sp³-hybridized carbons (Fsp3) is 0.500. The summed E-state index contributed by atoms with van der Waals surface area (Å²) in [4.78, 5) is 24.7. The predicted molar refractivity (Wildman–Crippen MR) is 94.6 cm³/mol. The SMILES string of the molecule is C=C(CCCCCCC(C)=O)N1C(=O)OCC1Cc1ccccc1. The Morgan fingerprint density at radius 3 is 2.50 bits per heavy atom. The zero-order valence-corrected chi connectivity index (χ0v) is 14.5. The maximum absolute atomic E-state index is 12.0. The molecule has 0 aliphatic carbocycles. The van der Waals surface area contributed by atoms with Gasteiger partial charge in [0.1, 0.15) is 12.4 Å². The van der Waals surface area contributed by atoms with E-state index in [2.05, 4.69) is 18.7 Å². The first-order valence-corrected chi connectivity index (χ1v) is 8.75. The molecule has 1 amide bonds. The van der Waals surface area contributed by atoms with E-state index < -0.39 is 0 Å². The lowest BCUT2D eigenvalue weighted by Crippen LogP contribution is -2.34. The monoisotopic (exact) mass is 329 g/mol. The summed E-state index contributed by atoms with van der Waals surface area (Å²) in [6, 6.07) is 10.2. The van der Waals surface area contributed by atoms with E-state index in [1.807, 2.05) is 18.2 Å². The third kappa shape index (κ3) is 5.52. The van der Waals surface area contributed by atoms with Gasteiger partial charge < -0.3 is 9.53 Å². The molecular formula is C20H27NO3. The number of ether oxygens (including phenoxy) is 1. The number of hydrogen-bond donors (Lipinski definition) is 0. The highest BCUT2D eigenvalue weighted by Crippen LogP contribution is 2.24. The molecule has 0 spiro atoms. The summed E-state index contributed by atoms with van der Waals surface area (Å²) in [5, 5.41) is 0. The van der Waals surface area contributed by atoms with Gasteiger partial charge in [0.15, 0.2) is 0 Å². The van der Waals surface area contributed by atoms with Crippen molar-refractivity contribution in [1.29, 1.82) is 0 Å². The van der Waals surface area contributed by atoms with Crippen molar-refractivity contribution in [3.05, 3.63) is 48.2 Å². The van der Waals surface area contributed by atoms with Crippen LogP contribution in [0.3, 0.4) is 0 Å². The minimum atomic E-state index is -0.280. The van der Waals surface area contributed by atoms with Gasteiger partial charge in [-0.15, -0.1) is 0 Å². The fourth-order valence-electron chi connectivity index (χ4n) is 3.06.